The number of carboxylic acid groups (broad SMARTS) is 2. The quantitative estimate of drug-likeness (QED) is 0.125. The molecule has 1 aromatic heterocycles. The van der Waals surface area contributed by atoms with Crippen molar-refractivity contribution in [3.8, 4) is 5.75 Å². The first-order chi connectivity index (χ1) is 20.3. The number of phenols is 1. The van der Waals surface area contributed by atoms with Crippen LogP contribution in [0.15, 0.2) is 54.7 Å². The number of para-hydroxylation sites is 1. The van der Waals surface area contributed by atoms with Crippen LogP contribution in [-0.2, 0) is 36.8 Å². The van der Waals surface area contributed by atoms with E-state index in [2.05, 4.69) is 20.9 Å². The van der Waals surface area contributed by atoms with E-state index in [1.165, 1.54) is 12.1 Å². The molecule has 43 heavy (non-hydrogen) atoms. The van der Waals surface area contributed by atoms with Gasteiger partial charge in [0, 0.05) is 29.9 Å². The van der Waals surface area contributed by atoms with Crippen LogP contribution in [0, 0.1) is 5.92 Å². The van der Waals surface area contributed by atoms with Gasteiger partial charge in [-0.2, -0.15) is 0 Å². The second-order valence-corrected chi connectivity index (χ2v) is 10.7. The van der Waals surface area contributed by atoms with Crippen molar-refractivity contribution in [2.75, 3.05) is 0 Å². The Hall–Kier alpha value is -4.91. The minimum Gasteiger partial charge on any atom is -0.508 e. The van der Waals surface area contributed by atoms with Gasteiger partial charge in [-0.25, -0.2) is 4.79 Å². The molecule has 2 aromatic carbocycles. The Kier molecular flexibility index (Phi) is 11.2. The van der Waals surface area contributed by atoms with Crippen molar-refractivity contribution < 1.29 is 39.3 Å². The summed E-state index contributed by atoms with van der Waals surface area (Å²) < 4.78 is 0. The van der Waals surface area contributed by atoms with Crippen molar-refractivity contribution in [1.82, 2.24) is 20.9 Å². The van der Waals surface area contributed by atoms with E-state index >= 15 is 0 Å². The molecule has 13 nitrogen and oxygen atoms in total. The highest BCUT2D eigenvalue weighted by molar-refractivity contribution is 5.94. The zero-order valence-corrected chi connectivity index (χ0v) is 23.9. The number of carbonyl (C=O) groups excluding carboxylic acids is 3. The zero-order chi connectivity index (χ0) is 31.7. The number of aromatic nitrogens is 1. The number of benzene rings is 2. The first-order valence-corrected chi connectivity index (χ1v) is 13.8. The monoisotopic (exact) mass is 595 g/mol. The van der Waals surface area contributed by atoms with Crippen LogP contribution in [0.4, 0.5) is 0 Å². The number of H-pyrrole nitrogens is 1. The fourth-order valence-electron chi connectivity index (χ4n) is 4.56. The second-order valence-electron chi connectivity index (χ2n) is 10.7. The molecule has 3 aromatic rings. The van der Waals surface area contributed by atoms with Gasteiger partial charge in [0.15, 0.2) is 0 Å². The maximum atomic E-state index is 13.3. The molecule has 3 amide bonds. The number of phenolic OH excluding ortho intramolecular Hbond substituents is 1. The van der Waals surface area contributed by atoms with Gasteiger partial charge in [-0.1, -0.05) is 44.2 Å². The van der Waals surface area contributed by atoms with Crippen molar-refractivity contribution in [2.45, 2.75) is 63.7 Å². The number of hydrogen-bond donors (Lipinski definition) is 8. The summed E-state index contributed by atoms with van der Waals surface area (Å²) in [6, 6.07) is 8.51. The molecule has 230 valence electrons. The first kappa shape index (κ1) is 32.6. The first-order valence-electron chi connectivity index (χ1n) is 13.8. The molecule has 0 saturated heterocycles. The van der Waals surface area contributed by atoms with Gasteiger partial charge in [-0.3, -0.25) is 19.2 Å². The van der Waals surface area contributed by atoms with Crippen LogP contribution < -0.4 is 21.7 Å². The standard InChI is InChI=1S/C30H37N5O8/c1-16(2)26(35-27(39)21(31)13-17-7-9-19(36)10-8-17)29(41)33-23(11-12-25(37)38)28(40)34-24(30(42)43)14-18-15-32-22-6-4-3-5-20(18)22/h3-10,15-16,21,23-24,26,32,36H,11-14,31H2,1-2H3,(H,33,41)(H,34,40)(H,35,39)(H,37,38)(H,42,43). The van der Waals surface area contributed by atoms with E-state index in [1.807, 2.05) is 18.2 Å². The molecule has 0 aliphatic carbocycles. The molecular weight excluding hydrogens is 558 g/mol. The number of amides is 3. The molecule has 0 fully saturated rings. The number of aromatic amines is 1. The lowest BCUT2D eigenvalue weighted by molar-refractivity contribution is -0.143. The van der Waals surface area contributed by atoms with Crippen LogP contribution in [0.5, 0.6) is 5.75 Å². The Morgan fingerprint density at radius 1 is 0.837 bits per heavy atom. The Labute approximate surface area is 247 Å². The van der Waals surface area contributed by atoms with E-state index in [1.54, 1.807) is 38.2 Å². The molecule has 4 unspecified atom stereocenters. The van der Waals surface area contributed by atoms with E-state index in [9.17, 15) is 39.3 Å². The highest BCUT2D eigenvalue weighted by Crippen LogP contribution is 2.19. The number of nitrogens with one attached hydrogen (secondary N) is 4. The largest absolute Gasteiger partial charge is 0.508 e. The third kappa shape index (κ3) is 9.30. The van der Waals surface area contributed by atoms with Gasteiger partial charge in [0.1, 0.15) is 23.9 Å². The molecule has 1 heterocycles. The van der Waals surface area contributed by atoms with E-state index in [0.717, 1.165) is 10.9 Å². The fraction of sp³-hybridized carbons (Fsp3) is 0.367. The molecule has 0 spiro atoms. The topological polar surface area (TPSA) is 224 Å². The molecule has 0 saturated carbocycles. The molecule has 9 N–H and O–H groups in total. The molecule has 4 atom stereocenters. The van der Waals surface area contributed by atoms with Crippen LogP contribution in [0.1, 0.15) is 37.8 Å². The predicted octanol–water partition coefficient (Wildman–Crippen LogP) is 1.05. The van der Waals surface area contributed by atoms with E-state index in [0.29, 0.717) is 11.1 Å². The average molecular weight is 596 g/mol. The molecule has 0 aliphatic heterocycles. The number of rotatable bonds is 15. The minimum absolute atomic E-state index is 0.0612. The normalized spacial score (nSPS) is 14.0. The highest BCUT2D eigenvalue weighted by Gasteiger charge is 2.32. The van der Waals surface area contributed by atoms with Gasteiger partial charge in [-0.05, 0) is 48.1 Å². The summed E-state index contributed by atoms with van der Waals surface area (Å²) in [4.78, 5) is 65.7. The third-order valence-electron chi connectivity index (χ3n) is 6.97. The van der Waals surface area contributed by atoms with Gasteiger partial charge in [0.25, 0.3) is 0 Å². The molecule has 3 rings (SSSR count). The van der Waals surface area contributed by atoms with Crippen LogP contribution >= 0.6 is 0 Å². The summed E-state index contributed by atoms with van der Waals surface area (Å²) >= 11 is 0. The summed E-state index contributed by atoms with van der Waals surface area (Å²) in [5, 5.41) is 36.8. The second kappa shape index (κ2) is 14.8. The summed E-state index contributed by atoms with van der Waals surface area (Å²) in [6.07, 6.45) is 0.933. The number of fused-ring (bicyclic) bond motifs is 1. The lowest BCUT2D eigenvalue weighted by Crippen LogP contribution is -2.58. The SMILES string of the molecule is CC(C)C(NC(=O)C(N)Cc1ccc(O)cc1)C(=O)NC(CCC(=O)O)C(=O)NC(Cc1c[nH]c2ccccc12)C(=O)O. The third-order valence-corrected chi connectivity index (χ3v) is 6.97. The lowest BCUT2D eigenvalue weighted by atomic mass is 10.00. The molecule has 0 radical (unpaired) electrons. The van der Waals surface area contributed by atoms with Gasteiger partial charge in [0.2, 0.25) is 17.7 Å². The molecule has 0 bridgehead atoms. The lowest BCUT2D eigenvalue weighted by Gasteiger charge is -2.27. The Bertz CT molecular complexity index is 1450. The van der Waals surface area contributed by atoms with E-state index in [4.69, 9.17) is 5.73 Å². The fourth-order valence-corrected chi connectivity index (χ4v) is 4.56. The van der Waals surface area contributed by atoms with Crippen molar-refractivity contribution in [3.63, 3.8) is 0 Å². The number of carboxylic acids is 2. The predicted molar refractivity (Wildman–Crippen MR) is 157 cm³/mol. The van der Waals surface area contributed by atoms with Crippen LogP contribution in [-0.4, -0.2) is 74.1 Å². The van der Waals surface area contributed by atoms with Crippen molar-refractivity contribution in [2.24, 2.45) is 11.7 Å². The molecule has 0 aliphatic rings. The smallest absolute Gasteiger partial charge is 0.326 e. The average Bonchev–Trinajstić information content (AvgIpc) is 3.36. The number of aromatic hydroxyl groups is 1. The molecular formula is C30H37N5O8. The van der Waals surface area contributed by atoms with Crippen LogP contribution in [0.3, 0.4) is 0 Å². The zero-order valence-electron chi connectivity index (χ0n) is 23.9. The van der Waals surface area contributed by atoms with Crippen molar-refractivity contribution in [1.29, 1.82) is 0 Å². The maximum Gasteiger partial charge on any atom is 0.326 e. The van der Waals surface area contributed by atoms with Gasteiger partial charge in [0.05, 0.1) is 6.04 Å². The number of carbonyl (C=O) groups is 5. The summed E-state index contributed by atoms with van der Waals surface area (Å²) in [5.41, 5.74) is 8.19. The molecule has 13 heteroatoms. The maximum absolute atomic E-state index is 13.3. The van der Waals surface area contributed by atoms with Gasteiger partial charge in [-0.15, -0.1) is 0 Å². The van der Waals surface area contributed by atoms with Crippen molar-refractivity contribution in [3.05, 3.63) is 65.9 Å². The van der Waals surface area contributed by atoms with Gasteiger partial charge >= 0.3 is 11.9 Å². The van der Waals surface area contributed by atoms with Crippen LogP contribution in [0.25, 0.3) is 10.9 Å². The number of nitrogens with two attached hydrogens (primary N) is 1. The van der Waals surface area contributed by atoms with E-state index < -0.39 is 66.2 Å². The Morgan fingerprint density at radius 3 is 2.12 bits per heavy atom. The summed E-state index contributed by atoms with van der Waals surface area (Å²) in [6.45, 7) is 3.34. The minimum atomic E-state index is -1.39. The Morgan fingerprint density at radius 2 is 1.49 bits per heavy atom. The van der Waals surface area contributed by atoms with Crippen molar-refractivity contribution >= 4 is 40.6 Å². The van der Waals surface area contributed by atoms with Gasteiger partial charge < -0.3 is 42.0 Å². The number of hydrogen-bond acceptors (Lipinski definition) is 7. The van der Waals surface area contributed by atoms with Crippen LogP contribution in [0.2, 0.25) is 0 Å². The number of aliphatic carboxylic acids is 2. The van der Waals surface area contributed by atoms with E-state index in [-0.39, 0.29) is 25.0 Å². The Balaban J connectivity index is 1.71. The summed E-state index contributed by atoms with van der Waals surface area (Å²) in [7, 11) is 0. The highest BCUT2D eigenvalue weighted by atomic mass is 16.4. The summed E-state index contributed by atoms with van der Waals surface area (Å²) in [5.74, 6) is -5.16.